The molecular weight excluding hydrogens is 443 g/mol. The van der Waals surface area contributed by atoms with Gasteiger partial charge in [0.05, 0.1) is 22.7 Å². The van der Waals surface area contributed by atoms with E-state index in [0.717, 1.165) is 17.0 Å². The fraction of sp³-hybridized carbons (Fsp3) is 0.318. The Hall–Kier alpha value is -3.16. The van der Waals surface area contributed by atoms with Gasteiger partial charge in [-0.25, -0.2) is 0 Å². The molecular formula is C22H20F3N3O3S. The van der Waals surface area contributed by atoms with Crippen LogP contribution >= 0.6 is 12.2 Å². The number of amides is 1. The largest absolute Gasteiger partial charge is 0.508 e. The zero-order valence-corrected chi connectivity index (χ0v) is 17.9. The van der Waals surface area contributed by atoms with Crippen LogP contribution in [0.15, 0.2) is 42.5 Å². The second-order valence-electron chi connectivity index (χ2n) is 7.34. The molecule has 1 fully saturated rings. The van der Waals surface area contributed by atoms with E-state index in [-0.39, 0.29) is 37.5 Å². The van der Waals surface area contributed by atoms with Crippen molar-refractivity contribution in [3.63, 3.8) is 0 Å². The molecule has 0 aromatic heterocycles. The van der Waals surface area contributed by atoms with E-state index in [2.05, 4.69) is 0 Å². The summed E-state index contributed by atoms with van der Waals surface area (Å²) < 4.78 is 45.7. The standard InChI is InChI=1S/C22H20F3N3O3S/c1-27(17-3-2-15(13-26)19(12-17)22(23,24)25)20(30)21(8-10-31-11-9-21)28(14-32)16-4-6-18(29)7-5-16/h2-7,12,14,29H,8-11H2,1H3. The quantitative estimate of drug-likeness (QED) is 0.668. The van der Waals surface area contributed by atoms with E-state index in [0.29, 0.717) is 5.69 Å². The first-order valence-corrected chi connectivity index (χ1v) is 10.1. The second kappa shape index (κ2) is 9.14. The Morgan fingerprint density at radius 2 is 1.78 bits per heavy atom. The topological polar surface area (TPSA) is 76.8 Å². The molecule has 0 atom stereocenters. The lowest BCUT2D eigenvalue weighted by Gasteiger charge is -2.45. The fourth-order valence-corrected chi connectivity index (χ4v) is 4.11. The van der Waals surface area contributed by atoms with Crippen molar-refractivity contribution in [2.75, 3.05) is 30.1 Å². The molecule has 32 heavy (non-hydrogen) atoms. The Labute approximate surface area is 188 Å². The van der Waals surface area contributed by atoms with Crippen molar-refractivity contribution in [2.45, 2.75) is 24.6 Å². The third-order valence-corrected chi connectivity index (χ3v) is 5.74. The normalized spacial score (nSPS) is 15.5. The minimum Gasteiger partial charge on any atom is -0.508 e. The van der Waals surface area contributed by atoms with E-state index in [1.165, 1.54) is 36.8 Å². The molecule has 2 aromatic rings. The number of nitriles is 1. The maximum Gasteiger partial charge on any atom is 0.417 e. The van der Waals surface area contributed by atoms with Crippen LogP contribution in [0.1, 0.15) is 24.0 Å². The minimum atomic E-state index is -4.74. The predicted molar refractivity (Wildman–Crippen MR) is 117 cm³/mol. The van der Waals surface area contributed by atoms with Crippen LogP contribution in [0.25, 0.3) is 0 Å². The Morgan fingerprint density at radius 3 is 2.31 bits per heavy atom. The van der Waals surface area contributed by atoms with Crippen molar-refractivity contribution in [2.24, 2.45) is 0 Å². The number of alkyl halides is 3. The number of likely N-dealkylation sites (N-methyl/N-ethyl adjacent to an activating group) is 1. The number of nitrogens with zero attached hydrogens (tertiary/aromatic N) is 3. The number of anilines is 2. The van der Waals surface area contributed by atoms with Gasteiger partial charge in [-0.2, -0.15) is 18.4 Å². The third kappa shape index (κ3) is 4.40. The number of phenols is 1. The average molecular weight is 463 g/mol. The lowest BCUT2D eigenvalue weighted by Crippen LogP contribution is -2.61. The average Bonchev–Trinajstić information content (AvgIpc) is 2.79. The summed E-state index contributed by atoms with van der Waals surface area (Å²) in [6, 6.07) is 10.8. The number of rotatable bonds is 5. The first kappa shape index (κ1) is 23.5. The highest BCUT2D eigenvalue weighted by Crippen LogP contribution is 2.37. The molecule has 1 amide bonds. The monoisotopic (exact) mass is 463 g/mol. The molecule has 1 aliphatic rings. The van der Waals surface area contributed by atoms with Crippen LogP contribution in [0.4, 0.5) is 24.5 Å². The summed E-state index contributed by atoms with van der Waals surface area (Å²) in [4.78, 5) is 16.5. The van der Waals surface area contributed by atoms with E-state index < -0.39 is 28.7 Å². The molecule has 0 bridgehead atoms. The van der Waals surface area contributed by atoms with Gasteiger partial charge >= 0.3 is 6.18 Å². The van der Waals surface area contributed by atoms with Crippen molar-refractivity contribution in [3.8, 4) is 11.8 Å². The van der Waals surface area contributed by atoms with Gasteiger partial charge in [-0.1, -0.05) is 12.2 Å². The highest BCUT2D eigenvalue weighted by atomic mass is 32.1. The summed E-state index contributed by atoms with van der Waals surface area (Å²) in [5, 5.41) is 18.6. The first-order chi connectivity index (χ1) is 15.1. The maximum absolute atomic E-state index is 13.7. The minimum absolute atomic E-state index is 0.00205. The molecule has 6 nitrogen and oxygen atoms in total. The van der Waals surface area contributed by atoms with Crippen molar-refractivity contribution in [1.82, 2.24) is 0 Å². The van der Waals surface area contributed by atoms with Gasteiger partial charge in [-0.15, -0.1) is 0 Å². The first-order valence-electron chi connectivity index (χ1n) is 9.65. The number of phenolic OH excluding ortho intramolecular Hbond substituents is 1. The smallest absolute Gasteiger partial charge is 0.417 e. The molecule has 0 radical (unpaired) electrons. The van der Waals surface area contributed by atoms with Crippen LogP contribution < -0.4 is 9.80 Å². The van der Waals surface area contributed by atoms with Crippen LogP contribution in [-0.4, -0.2) is 42.3 Å². The summed E-state index contributed by atoms with van der Waals surface area (Å²) >= 11 is 5.21. The lowest BCUT2D eigenvalue weighted by molar-refractivity contribution is -0.137. The van der Waals surface area contributed by atoms with Gasteiger partial charge in [0.2, 0.25) is 0 Å². The van der Waals surface area contributed by atoms with Gasteiger partial charge < -0.3 is 19.6 Å². The molecule has 0 saturated carbocycles. The van der Waals surface area contributed by atoms with E-state index in [1.807, 2.05) is 0 Å². The van der Waals surface area contributed by atoms with Crippen molar-refractivity contribution < 1.29 is 27.8 Å². The van der Waals surface area contributed by atoms with Gasteiger partial charge in [-0.05, 0) is 42.5 Å². The predicted octanol–water partition coefficient (Wildman–Crippen LogP) is 4.26. The summed E-state index contributed by atoms with van der Waals surface area (Å²) in [6.45, 7) is 0.525. The van der Waals surface area contributed by atoms with Crippen LogP contribution in [0.5, 0.6) is 5.75 Å². The van der Waals surface area contributed by atoms with Gasteiger partial charge in [-0.3, -0.25) is 4.79 Å². The van der Waals surface area contributed by atoms with Crippen LogP contribution in [0.3, 0.4) is 0 Å². The van der Waals surface area contributed by atoms with Crippen molar-refractivity contribution in [1.29, 1.82) is 5.26 Å². The Kier molecular flexibility index (Phi) is 6.71. The second-order valence-corrected chi connectivity index (χ2v) is 7.55. The highest BCUT2D eigenvalue weighted by molar-refractivity contribution is 7.79. The molecule has 0 unspecified atom stereocenters. The number of carbonyl (C=O) groups excluding carboxylic acids is 1. The third-order valence-electron chi connectivity index (χ3n) is 5.53. The SMILES string of the molecule is CN(C(=O)C1(N(C=S)c2ccc(O)cc2)CCOCC1)c1ccc(C#N)c(C(F)(F)F)c1. The number of hydrogen-bond donors (Lipinski definition) is 1. The van der Waals surface area contributed by atoms with Crippen LogP contribution in [0, 0.1) is 11.3 Å². The lowest BCUT2D eigenvalue weighted by atomic mass is 9.86. The highest BCUT2D eigenvalue weighted by Gasteiger charge is 2.47. The van der Waals surface area contributed by atoms with Gasteiger partial charge in [0.25, 0.3) is 5.91 Å². The van der Waals surface area contributed by atoms with Gasteiger partial charge in [0.1, 0.15) is 11.3 Å². The Balaban J connectivity index is 2.05. The maximum atomic E-state index is 13.7. The summed E-state index contributed by atoms with van der Waals surface area (Å²) in [5.74, 6) is -0.424. The molecule has 1 N–H and O–H groups in total. The zero-order chi connectivity index (χ0) is 23.5. The van der Waals surface area contributed by atoms with Crippen molar-refractivity contribution in [3.05, 3.63) is 53.6 Å². The van der Waals surface area contributed by atoms with Gasteiger partial charge in [0.15, 0.2) is 0 Å². The molecule has 0 aliphatic carbocycles. The summed E-state index contributed by atoms with van der Waals surface area (Å²) in [5.41, 5.74) is -0.947. The summed E-state index contributed by atoms with van der Waals surface area (Å²) in [6.07, 6.45) is -4.23. The number of thiocarbonyl (C=S) groups is 1. The van der Waals surface area contributed by atoms with E-state index in [4.69, 9.17) is 22.2 Å². The molecule has 2 aromatic carbocycles. The Morgan fingerprint density at radius 1 is 1.19 bits per heavy atom. The number of aromatic hydroxyl groups is 1. The molecule has 1 saturated heterocycles. The number of halogens is 3. The molecule has 1 aliphatic heterocycles. The number of benzene rings is 2. The zero-order valence-electron chi connectivity index (χ0n) is 17.1. The van der Waals surface area contributed by atoms with Crippen molar-refractivity contribution >= 4 is 35.0 Å². The number of hydrogen-bond acceptors (Lipinski definition) is 5. The van der Waals surface area contributed by atoms with E-state index >= 15 is 0 Å². The fourth-order valence-electron chi connectivity index (χ4n) is 3.79. The van der Waals surface area contributed by atoms with E-state index in [1.54, 1.807) is 17.0 Å². The van der Waals surface area contributed by atoms with E-state index in [9.17, 15) is 23.1 Å². The van der Waals surface area contributed by atoms with Crippen LogP contribution in [0.2, 0.25) is 0 Å². The number of carbonyl (C=O) groups is 1. The number of ether oxygens (including phenoxy) is 1. The van der Waals surface area contributed by atoms with Gasteiger partial charge in [0, 0.05) is 44.5 Å². The van der Waals surface area contributed by atoms with Crippen LogP contribution in [-0.2, 0) is 15.7 Å². The molecule has 3 rings (SSSR count). The molecule has 1 heterocycles. The molecule has 168 valence electrons. The molecule has 0 spiro atoms. The Bertz CT molecular complexity index is 1050. The summed E-state index contributed by atoms with van der Waals surface area (Å²) in [7, 11) is 1.39. The molecule has 10 heteroatoms.